The summed E-state index contributed by atoms with van der Waals surface area (Å²) in [7, 11) is -9.30. The van der Waals surface area contributed by atoms with Gasteiger partial charge in [0.05, 0.1) is 0 Å². The van der Waals surface area contributed by atoms with Crippen LogP contribution in [0.3, 0.4) is 0 Å². The minimum Gasteiger partial charge on any atom is -0.419 e. The molecule has 0 aromatic heterocycles. The van der Waals surface area contributed by atoms with Gasteiger partial charge in [-0.3, -0.25) is 4.79 Å². The second-order valence-electron chi connectivity index (χ2n) is 2.07. The predicted molar refractivity (Wildman–Crippen MR) is 41.0 cm³/mol. The number of carbonyl (C=O) groups is 1. The molecule has 0 unspecified atom stereocenters. The van der Waals surface area contributed by atoms with E-state index in [-0.39, 0.29) is 18.9 Å². The van der Waals surface area contributed by atoms with Crippen LogP contribution in [-0.4, -0.2) is 19.8 Å². The van der Waals surface area contributed by atoms with E-state index in [4.69, 9.17) is 0 Å². The number of rotatable bonds is 3. The average Bonchev–Trinajstić information content (AvgIpc) is 1.96. The summed E-state index contributed by atoms with van der Waals surface area (Å²) < 4.78 is 76.3. The Morgan fingerprint density at radius 1 is 1.25 bits per heavy atom. The normalized spacial score (nSPS) is 13.4. The van der Waals surface area contributed by atoms with Crippen molar-refractivity contribution in [2.75, 3.05) is 0 Å². The van der Waals surface area contributed by atoms with Gasteiger partial charge in [0.1, 0.15) is 0 Å². The Morgan fingerprint density at radius 3 is 1.81 bits per heavy atom. The third-order valence-corrected chi connectivity index (χ3v) is 3.03. The Morgan fingerprint density at radius 2 is 1.62 bits per heavy atom. The second-order valence-corrected chi connectivity index (χ2v) is 4.77. The zero-order valence-corrected chi connectivity index (χ0v) is 9.28. The van der Waals surface area contributed by atoms with Gasteiger partial charge in [0.15, 0.2) is 0 Å². The van der Waals surface area contributed by atoms with E-state index in [1.165, 1.54) is 0 Å². The van der Waals surface area contributed by atoms with Crippen molar-refractivity contribution >= 4 is 26.4 Å². The van der Waals surface area contributed by atoms with Crippen LogP contribution in [0.1, 0.15) is 0 Å². The number of carbonyl (C=O) groups excluding carboxylic acids is 1. The molecule has 12 heteroatoms. The monoisotopic (exact) mass is 273 g/mol. The first-order valence-corrected chi connectivity index (χ1v) is 5.53. The number of hydrogen-bond acceptors (Lipinski definition) is 6. The number of primary amides is 1. The molecular weight excluding hydrogens is 270 g/mol. The van der Waals surface area contributed by atoms with Crippen molar-refractivity contribution in [1.82, 2.24) is 0 Å². The van der Waals surface area contributed by atoms with E-state index in [2.05, 4.69) is 5.73 Å². The molecule has 2 N–H and O–H groups in total. The summed E-state index contributed by atoms with van der Waals surface area (Å²) in [5.74, 6) is -1.80. The predicted octanol–water partition coefficient (Wildman–Crippen LogP) is -3.44. The molecule has 88 valence electrons. The van der Waals surface area contributed by atoms with E-state index >= 15 is 0 Å². The minimum atomic E-state index is -5.84. The van der Waals surface area contributed by atoms with Gasteiger partial charge in [0, 0.05) is 5.41 Å². The van der Waals surface area contributed by atoms with Crippen molar-refractivity contribution in [3.05, 3.63) is 10.3 Å². The van der Waals surface area contributed by atoms with Crippen molar-refractivity contribution in [2.45, 2.75) is 5.51 Å². The summed E-state index contributed by atoms with van der Waals surface area (Å²) in [6, 6.07) is 0. The van der Waals surface area contributed by atoms with E-state index in [0.717, 1.165) is 0 Å². The maximum Gasteiger partial charge on any atom is 1.00 e. The molecule has 0 rings (SSSR count). The van der Waals surface area contributed by atoms with Crippen LogP contribution in [0.2, 0.25) is 0 Å². The molecule has 0 spiro atoms. The molecule has 6 nitrogen and oxygen atoms in total. The zero-order chi connectivity index (χ0) is 12.4. The molecule has 0 fully saturated rings. The van der Waals surface area contributed by atoms with Crippen molar-refractivity contribution in [3.8, 4) is 0 Å². The summed E-state index contributed by atoms with van der Waals surface area (Å²) in [6.07, 6.45) is 0. The third kappa shape index (κ3) is 4.56. The van der Waals surface area contributed by atoms with Gasteiger partial charge < -0.3 is 14.2 Å². The molecule has 0 aliphatic rings. The van der Waals surface area contributed by atoms with E-state index < -0.39 is 42.3 Å². The van der Waals surface area contributed by atoms with Crippen molar-refractivity contribution < 1.29 is 53.7 Å². The summed E-state index contributed by atoms with van der Waals surface area (Å²) in [6.45, 7) is 0. The number of alkyl halides is 3. The quantitative estimate of drug-likeness (QED) is 0.327. The van der Waals surface area contributed by atoms with E-state index in [1.54, 1.807) is 0 Å². The van der Waals surface area contributed by atoms with Gasteiger partial charge in [0.25, 0.3) is 9.84 Å². The number of hydrogen-bond donors (Lipinski definition) is 1. The molecule has 0 aromatic carbocycles. The van der Waals surface area contributed by atoms with Crippen LogP contribution in [0, 0.1) is 0 Å². The standard InChI is InChI=1S/C4H3F3NO5S2.Li/c5-4(6,7)15(12,13)1-2(3(8)9)14(10)11;/h1H,(H2,8,9);/q-1;+1. The molecular formula is C4H3F3LiNO5S2. The van der Waals surface area contributed by atoms with Gasteiger partial charge in [0.2, 0.25) is 5.91 Å². The fourth-order valence-electron chi connectivity index (χ4n) is 0.387. The number of nitrogens with two attached hydrogens (primary N) is 1. The van der Waals surface area contributed by atoms with E-state index in [1.807, 2.05) is 0 Å². The maximum absolute atomic E-state index is 11.7. The molecule has 0 saturated carbocycles. The molecule has 0 aromatic rings. The largest absolute Gasteiger partial charge is 1.00 e. The van der Waals surface area contributed by atoms with Crippen LogP contribution in [0.5, 0.6) is 0 Å². The van der Waals surface area contributed by atoms with Crippen molar-refractivity contribution in [3.63, 3.8) is 0 Å². The zero-order valence-electron chi connectivity index (χ0n) is 7.65. The Labute approximate surface area is 102 Å². The SMILES string of the molecule is NC(=O)C(=CS(=O)(=O)C(F)(F)F)[S-](=O)=O.[Li+]. The Balaban J connectivity index is 0. The topological polar surface area (TPSA) is 111 Å². The molecule has 16 heavy (non-hydrogen) atoms. The van der Waals surface area contributed by atoms with Crippen molar-refractivity contribution in [1.29, 1.82) is 0 Å². The second kappa shape index (κ2) is 5.72. The van der Waals surface area contributed by atoms with Gasteiger partial charge in [-0.15, -0.1) is 0 Å². The van der Waals surface area contributed by atoms with Crippen LogP contribution >= 0.6 is 0 Å². The maximum atomic E-state index is 11.7. The van der Waals surface area contributed by atoms with Gasteiger partial charge in [-0.2, -0.15) is 13.2 Å². The van der Waals surface area contributed by atoms with Gasteiger partial charge in [-0.25, -0.2) is 8.42 Å². The molecule has 0 aliphatic carbocycles. The molecule has 0 heterocycles. The number of amides is 1. The third-order valence-electron chi connectivity index (χ3n) is 1.01. The summed E-state index contributed by atoms with van der Waals surface area (Å²) in [5, 5.41) is -0.738. The number of sulfone groups is 1. The first-order valence-electron chi connectivity index (χ1n) is 2.91. The molecule has 0 saturated heterocycles. The smallest absolute Gasteiger partial charge is 0.419 e. The average molecular weight is 273 g/mol. The first kappa shape index (κ1) is 17.9. The molecule has 0 aliphatic heterocycles. The summed E-state index contributed by atoms with van der Waals surface area (Å²) >= 11 is 0. The minimum absolute atomic E-state index is 0. The van der Waals surface area contributed by atoms with Gasteiger partial charge in [-0.05, 0) is 15.6 Å². The van der Waals surface area contributed by atoms with Crippen LogP contribution in [0.4, 0.5) is 13.2 Å². The Hall–Kier alpha value is -0.503. The van der Waals surface area contributed by atoms with Crippen LogP contribution in [0.25, 0.3) is 0 Å². The van der Waals surface area contributed by atoms with Gasteiger partial charge >= 0.3 is 24.4 Å². The molecule has 1 amide bonds. The van der Waals surface area contributed by atoms with Crippen LogP contribution in [0.15, 0.2) is 10.3 Å². The summed E-state index contributed by atoms with van der Waals surface area (Å²) in [5.41, 5.74) is -1.33. The van der Waals surface area contributed by atoms with Crippen molar-refractivity contribution in [2.24, 2.45) is 5.73 Å². The van der Waals surface area contributed by atoms with Crippen LogP contribution < -0.4 is 24.6 Å². The Bertz CT molecular complexity index is 468. The van der Waals surface area contributed by atoms with Gasteiger partial charge in [-0.1, -0.05) is 0 Å². The molecule has 0 bridgehead atoms. The van der Waals surface area contributed by atoms with E-state index in [0.29, 0.717) is 0 Å². The molecule has 0 radical (unpaired) electrons. The van der Waals surface area contributed by atoms with Crippen LogP contribution in [-0.2, 0) is 33.8 Å². The van der Waals surface area contributed by atoms with E-state index in [9.17, 15) is 34.8 Å². The molecule has 0 atom stereocenters. The Kier molecular flexibility index (Phi) is 6.39. The number of halogens is 3. The fourth-order valence-corrected chi connectivity index (χ4v) is 1.78. The fraction of sp³-hybridized carbons (Fsp3) is 0.250. The summed E-state index contributed by atoms with van der Waals surface area (Å²) in [4.78, 5) is 8.61. The first-order chi connectivity index (χ1) is 6.49.